The van der Waals surface area contributed by atoms with Crippen LogP contribution in [0.5, 0.6) is 11.5 Å². The van der Waals surface area contributed by atoms with Gasteiger partial charge in [0.25, 0.3) is 15.9 Å². The van der Waals surface area contributed by atoms with Gasteiger partial charge >= 0.3 is 0 Å². The fourth-order valence-electron chi connectivity index (χ4n) is 4.25. The zero-order chi connectivity index (χ0) is 27.7. The molecule has 1 heterocycles. The number of nitrogens with zero attached hydrogens (tertiary/aromatic N) is 1. The highest BCUT2D eigenvalue weighted by Gasteiger charge is 2.38. The molecule has 1 aliphatic heterocycles. The Morgan fingerprint density at radius 1 is 1.05 bits per heavy atom. The highest BCUT2D eigenvalue weighted by atomic mass is 32.2. The van der Waals surface area contributed by atoms with Crippen molar-refractivity contribution >= 4 is 21.6 Å². The third-order valence-electron chi connectivity index (χ3n) is 6.81. The molecular formula is C30H36N2O5S. The molecule has 0 radical (unpaired) electrons. The number of aryl methyl sites for hydroxylation is 2. The lowest BCUT2D eigenvalue weighted by molar-refractivity contribution is -0.127. The zero-order valence-electron chi connectivity index (χ0n) is 22.9. The highest BCUT2D eigenvalue weighted by Crippen LogP contribution is 2.40. The summed E-state index contributed by atoms with van der Waals surface area (Å²) in [5.74, 6) is 0.725. The van der Waals surface area contributed by atoms with Crippen LogP contribution in [0, 0.1) is 20.8 Å². The van der Waals surface area contributed by atoms with Crippen molar-refractivity contribution in [2.24, 2.45) is 0 Å². The summed E-state index contributed by atoms with van der Waals surface area (Å²) in [5.41, 5.74) is 4.35. The Bertz CT molecular complexity index is 1430. The molecule has 3 aromatic rings. The SMILES string of the molecule is Cc1ccc(S(=O)(=O)N2C[C@@H](C(=O)NCCOc3cccc(C)c3C)Oc3ccc(C(C)(C)C)cc32)cc1. The Kier molecular flexibility index (Phi) is 7.74. The molecule has 0 saturated carbocycles. The van der Waals surface area contributed by atoms with Gasteiger partial charge in [-0.1, -0.05) is 56.7 Å². The van der Waals surface area contributed by atoms with Crippen LogP contribution >= 0.6 is 0 Å². The summed E-state index contributed by atoms with van der Waals surface area (Å²) in [7, 11) is -3.94. The van der Waals surface area contributed by atoms with E-state index in [1.807, 2.05) is 51.1 Å². The molecule has 4 rings (SSSR count). The molecular weight excluding hydrogens is 500 g/mol. The predicted octanol–water partition coefficient (Wildman–Crippen LogP) is 5.06. The lowest BCUT2D eigenvalue weighted by Crippen LogP contribution is -2.51. The number of carbonyl (C=O) groups is 1. The summed E-state index contributed by atoms with van der Waals surface area (Å²) in [6.07, 6.45) is -1.01. The van der Waals surface area contributed by atoms with Gasteiger partial charge in [-0.2, -0.15) is 0 Å². The monoisotopic (exact) mass is 536 g/mol. The molecule has 0 bridgehead atoms. The van der Waals surface area contributed by atoms with Gasteiger partial charge in [0.1, 0.15) is 18.1 Å². The molecule has 3 aromatic carbocycles. The number of ether oxygens (including phenoxy) is 2. The maximum absolute atomic E-state index is 13.8. The Labute approximate surface area is 225 Å². The maximum atomic E-state index is 13.8. The van der Waals surface area contributed by atoms with E-state index in [2.05, 4.69) is 26.1 Å². The number of anilines is 1. The van der Waals surface area contributed by atoms with Crippen LogP contribution in [-0.2, 0) is 20.2 Å². The van der Waals surface area contributed by atoms with Gasteiger partial charge in [0.05, 0.1) is 23.7 Å². The molecule has 1 amide bonds. The Balaban J connectivity index is 1.55. The number of sulfonamides is 1. The number of hydrogen-bond donors (Lipinski definition) is 1. The number of hydrogen-bond acceptors (Lipinski definition) is 5. The summed E-state index contributed by atoms with van der Waals surface area (Å²) in [4.78, 5) is 13.3. The van der Waals surface area contributed by atoms with E-state index < -0.39 is 22.0 Å². The van der Waals surface area contributed by atoms with E-state index in [1.54, 1.807) is 30.3 Å². The molecule has 202 valence electrons. The molecule has 0 fully saturated rings. The minimum absolute atomic E-state index is 0.138. The van der Waals surface area contributed by atoms with Crippen LogP contribution in [0.2, 0.25) is 0 Å². The Hall–Kier alpha value is -3.52. The van der Waals surface area contributed by atoms with E-state index in [1.165, 1.54) is 4.31 Å². The van der Waals surface area contributed by atoms with Crippen LogP contribution in [0.1, 0.15) is 43.0 Å². The molecule has 0 aromatic heterocycles. The summed E-state index contributed by atoms with van der Waals surface area (Å²) >= 11 is 0. The van der Waals surface area contributed by atoms with Crippen molar-refractivity contribution in [1.82, 2.24) is 5.32 Å². The van der Waals surface area contributed by atoms with Crippen molar-refractivity contribution in [3.8, 4) is 11.5 Å². The quantitative estimate of drug-likeness (QED) is 0.427. The number of fused-ring (bicyclic) bond motifs is 1. The molecule has 0 unspecified atom stereocenters. The first-order valence-electron chi connectivity index (χ1n) is 12.8. The fourth-order valence-corrected chi connectivity index (χ4v) is 5.72. The van der Waals surface area contributed by atoms with E-state index in [0.717, 1.165) is 28.0 Å². The van der Waals surface area contributed by atoms with Gasteiger partial charge < -0.3 is 14.8 Å². The van der Waals surface area contributed by atoms with Gasteiger partial charge in [-0.05, 0) is 73.2 Å². The fraction of sp³-hybridized carbons (Fsp3) is 0.367. The molecule has 1 atom stereocenters. The number of amides is 1. The molecule has 0 saturated heterocycles. The van der Waals surface area contributed by atoms with Crippen molar-refractivity contribution in [2.75, 3.05) is 24.0 Å². The van der Waals surface area contributed by atoms with Gasteiger partial charge in [0, 0.05) is 0 Å². The van der Waals surface area contributed by atoms with Crippen molar-refractivity contribution in [3.63, 3.8) is 0 Å². The van der Waals surface area contributed by atoms with E-state index in [9.17, 15) is 13.2 Å². The second-order valence-electron chi connectivity index (χ2n) is 10.7. The summed E-state index contributed by atoms with van der Waals surface area (Å²) in [6, 6.07) is 18.0. The lowest BCUT2D eigenvalue weighted by Gasteiger charge is -2.36. The largest absolute Gasteiger partial charge is 0.491 e. The van der Waals surface area contributed by atoms with Crippen molar-refractivity contribution in [1.29, 1.82) is 0 Å². The topological polar surface area (TPSA) is 84.9 Å². The van der Waals surface area contributed by atoms with Crippen molar-refractivity contribution < 1.29 is 22.7 Å². The van der Waals surface area contributed by atoms with Gasteiger partial charge in [-0.3, -0.25) is 9.10 Å². The van der Waals surface area contributed by atoms with Crippen molar-refractivity contribution in [3.05, 3.63) is 82.9 Å². The van der Waals surface area contributed by atoms with Crippen LogP contribution in [0.15, 0.2) is 65.6 Å². The summed E-state index contributed by atoms with van der Waals surface area (Å²) < 4.78 is 40.7. The maximum Gasteiger partial charge on any atom is 0.264 e. The average molecular weight is 537 g/mol. The number of nitrogens with one attached hydrogen (secondary N) is 1. The van der Waals surface area contributed by atoms with Gasteiger partial charge in [0.15, 0.2) is 6.10 Å². The van der Waals surface area contributed by atoms with E-state index >= 15 is 0 Å². The van der Waals surface area contributed by atoms with E-state index in [-0.39, 0.29) is 30.0 Å². The first-order chi connectivity index (χ1) is 17.9. The molecule has 0 aliphatic carbocycles. The van der Waals surface area contributed by atoms with Gasteiger partial charge in [-0.15, -0.1) is 0 Å². The first-order valence-corrected chi connectivity index (χ1v) is 14.2. The molecule has 38 heavy (non-hydrogen) atoms. The smallest absolute Gasteiger partial charge is 0.264 e. The Morgan fingerprint density at radius 2 is 1.76 bits per heavy atom. The third-order valence-corrected chi connectivity index (χ3v) is 8.60. The van der Waals surface area contributed by atoms with Crippen LogP contribution in [0.25, 0.3) is 0 Å². The lowest BCUT2D eigenvalue weighted by atomic mass is 9.86. The van der Waals surface area contributed by atoms with Crippen LogP contribution < -0.4 is 19.1 Å². The minimum Gasteiger partial charge on any atom is -0.491 e. The zero-order valence-corrected chi connectivity index (χ0v) is 23.7. The van der Waals surface area contributed by atoms with Gasteiger partial charge in [-0.25, -0.2) is 8.42 Å². The van der Waals surface area contributed by atoms with Crippen LogP contribution in [0.3, 0.4) is 0 Å². The minimum atomic E-state index is -3.94. The second-order valence-corrected chi connectivity index (χ2v) is 12.6. The first kappa shape index (κ1) is 27.5. The summed E-state index contributed by atoms with van der Waals surface area (Å²) in [6.45, 7) is 12.5. The van der Waals surface area contributed by atoms with Gasteiger partial charge in [0.2, 0.25) is 0 Å². The molecule has 0 spiro atoms. The van der Waals surface area contributed by atoms with Crippen LogP contribution in [0.4, 0.5) is 5.69 Å². The standard InChI is InChI=1S/C30H36N2O5S/c1-20-10-13-24(14-11-20)38(34,35)32-19-28(37-27-15-12-23(18-25(27)32)30(4,5)6)29(33)31-16-17-36-26-9-7-8-21(2)22(26)3/h7-15,18,28H,16-17,19H2,1-6H3,(H,31,33)/t28-/m0/s1. The molecule has 1 N–H and O–H groups in total. The second kappa shape index (κ2) is 10.7. The third kappa shape index (κ3) is 5.80. The predicted molar refractivity (Wildman–Crippen MR) is 150 cm³/mol. The highest BCUT2D eigenvalue weighted by molar-refractivity contribution is 7.92. The molecule has 1 aliphatic rings. The van der Waals surface area contributed by atoms with Crippen LogP contribution in [-0.4, -0.2) is 40.1 Å². The average Bonchev–Trinajstić information content (AvgIpc) is 2.87. The van der Waals surface area contributed by atoms with E-state index in [4.69, 9.17) is 9.47 Å². The molecule has 8 heteroatoms. The van der Waals surface area contributed by atoms with Crippen molar-refractivity contribution in [2.45, 2.75) is 58.0 Å². The van der Waals surface area contributed by atoms with E-state index in [0.29, 0.717) is 11.4 Å². The number of carbonyl (C=O) groups excluding carboxylic acids is 1. The Morgan fingerprint density at radius 3 is 2.45 bits per heavy atom. The number of rotatable bonds is 7. The summed E-state index contributed by atoms with van der Waals surface area (Å²) in [5, 5.41) is 2.83. The number of benzene rings is 3. The molecule has 7 nitrogen and oxygen atoms in total. The normalized spacial score (nSPS) is 15.4.